The molecule has 0 amide bonds. The maximum Gasteiger partial charge on any atom is 0.140 e. The largest absolute Gasteiger partial charge is 0.393 e. The maximum atomic E-state index is 11.5. The van der Waals surface area contributed by atoms with Gasteiger partial charge < -0.3 is 5.11 Å². The average molecular weight is 200 g/mol. The van der Waals surface area contributed by atoms with E-state index in [-0.39, 0.29) is 11.2 Å². The van der Waals surface area contributed by atoms with Gasteiger partial charge in [-0.1, -0.05) is 47.0 Å². The van der Waals surface area contributed by atoms with Gasteiger partial charge in [0.15, 0.2) is 0 Å². The minimum Gasteiger partial charge on any atom is -0.393 e. The lowest BCUT2D eigenvalue weighted by molar-refractivity contribution is -0.128. The molecule has 0 heterocycles. The quantitative estimate of drug-likeness (QED) is 0.669. The summed E-state index contributed by atoms with van der Waals surface area (Å²) in [6.07, 6.45) is 3.95. The average Bonchev–Trinajstić information content (AvgIpc) is 2.03. The summed E-state index contributed by atoms with van der Waals surface area (Å²) in [6.45, 7) is 7.82. The summed E-state index contributed by atoms with van der Waals surface area (Å²) < 4.78 is 0. The summed E-state index contributed by atoms with van der Waals surface area (Å²) in [6, 6.07) is 0. The second kappa shape index (κ2) is 6.18. The van der Waals surface area contributed by atoms with Gasteiger partial charge in [0.25, 0.3) is 0 Å². The summed E-state index contributed by atoms with van der Waals surface area (Å²) in [5.74, 6) is 0.154. The Hall–Kier alpha value is -0.370. The Morgan fingerprint density at radius 2 is 1.86 bits per heavy atom. The van der Waals surface area contributed by atoms with Crippen LogP contribution in [0, 0.1) is 5.41 Å². The monoisotopic (exact) mass is 200 g/mol. The van der Waals surface area contributed by atoms with Crippen LogP contribution in [-0.4, -0.2) is 17.0 Å². The Bertz CT molecular complexity index is 168. The van der Waals surface area contributed by atoms with Crippen molar-refractivity contribution < 1.29 is 9.90 Å². The van der Waals surface area contributed by atoms with E-state index in [1.165, 1.54) is 0 Å². The predicted octanol–water partition coefficient (Wildman–Crippen LogP) is 2.93. The molecule has 0 aliphatic rings. The van der Waals surface area contributed by atoms with E-state index in [0.717, 1.165) is 25.7 Å². The van der Waals surface area contributed by atoms with Crippen molar-refractivity contribution in [2.75, 3.05) is 0 Å². The Kier molecular flexibility index (Phi) is 6.01. The molecule has 14 heavy (non-hydrogen) atoms. The first kappa shape index (κ1) is 13.6. The van der Waals surface area contributed by atoms with Gasteiger partial charge in [0.1, 0.15) is 5.78 Å². The molecule has 1 unspecified atom stereocenters. The Balaban J connectivity index is 3.72. The Morgan fingerprint density at radius 1 is 1.29 bits per heavy atom. The van der Waals surface area contributed by atoms with Crippen LogP contribution in [0.1, 0.15) is 59.8 Å². The maximum absolute atomic E-state index is 11.5. The second-order valence-electron chi connectivity index (χ2n) is 5.03. The summed E-state index contributed by atoms with van der Waals surface area (Å²) in [5.41, 5.74) is -0.314. The topological polar surface area (TPSA) is 37.3 Å². The van der Waals surface area contributed by atoms with Crippen LogP contribution in [0.3, 0.4) is 0 Å². The van der Waals surface area contributed by atoms with Gasteiger partial charge in [0.05, 0.1) is 6.10 Å². The van der Waals surface area contributed by atoms with Crippen LogP contribution in [0.4, 0.5) is 0 Å². The van der Waals surface area contributed by atoms with Crippen LogP contribution >= 0.6 is 0 Å². The van der Waals surface area contributed by atoms with Crippen molar-refractivity contribution in [2.45, 2.75) is 65.9 Å². The number of aliphatic hydroxyl groups is 1. The van der Waals surface area contributed by atoms with Gasteiger partial charge in [-0.15, -0.1) is 0 Å². The van der Waals surface area contributed by atoms with E-state index in [1.54, 1.807) is 0 Å². The first-order valence-electron chi connectivity index (χ1n) is 5.59. The predicted molar refractivity (Wildman–Crippen MR) is 59.2 cm³/mol. The lowest BCUT2D eigenvalue weighted by atomic mass is 9.87. The fourth-order valence-corrected chi connectivity index (χ4v) is 1.25. The van der Waals surface area contributed by atoms with Crippen molar-refractivity contribution in [3.8, 4) is 0 Å². The zero-order chi connectivity index (χ0) is 11.2. The van der Waals surface area contributed by atoms with Gasteiger partial charge in [-0.05, 0) is 6.42 Å². The fourth-order valence-electron chi connectivity index (χ4n) is 1.25. The van der Waals surface area contributed by atoms with E-state index in [9.17, 15) is 9.90 Å². The highest BCUT2D eigenvalue weighted by Crippen LogP contribution is 2.19. The number of carbonyl (C=O) groups excluding carboxylic acids is 1. The number of hydrogen-bond donors (Lipinski definition) is 1. The SMILES string of the molecule is CCCCCC(O)CC(=O)C(C)(C)C. The summed E-state index contributed by atoms with van der Waals surface area (Å²) >= 11 is 0. The molecule has 0 fully saturated rings. The van der Waals surface area contributed by atoms with Gasteiger partial charge in [-0.2, -0.15) is 0 Å². The van der Waals surface area contributed by atoms with E-state index in [2.05, 4.69) is 6.92 Å². The van der Waals surface area contributed by atoms with Gasteiger partial charge in [0.2, 0.25) is 0 Å². The molecule has 0 rings (SSSR count). The van der Waals surface area contributed by atoms with E-state index >= 15 is 0 Å². The molecular formula is C12H24O2. The molecular weight excluding hydrogens is 176 g/mol. The molecule has 0 aromatic heterocycles. The molecule has 2 nitrogen and oxygen atoms in total. The Labute approximate surface area is 87.7 Å². The Morgan fingerprint density at radius 3 is 2.29 bits per heavy atom. The van der Waals surface area contributed by atoms with E-state index in [0.29, 0.717) is 6.42 Å². The van der Waals surface area contributed by atoms with Crippen molar-refractivity contribution in [3.05, 3.63) is 0 Å². The molecule has 0 spiro atoms. The van der Waals surface area contributed by atoms with Crippen molar-refractivity contribution in [3.63, 3.8) is 0 Å². The lowest BCUT2D eigenvalue weighted by Crippen LogP contribution is -2.25. The number of Topliss-reactive ketones (excluding diaryl/α,β-unsaturated/α-hetero) is 1. The normalized spacial score (nSPS) is 14.1. The van der Waals surface area contributed by atoms with Gasteiger partial charge >= 0.3 is 0 Å². The molecule has 0 saturated heterocycles. The first-order valence-corrected chi connectivity index (χ1v) is 5.59. The molecule has 0 bridgehead atoms. The zero-order valence-corrected chi connectivity index (χ0v) is 9.97. The van der Waals surface area contributed by atoms with Crippen molar-refractivity contribution >= 4 is 5.78 Å². The number of rotatable bonds is 6. The highest BCUT2D eigenvalue weighted by Gasteiger charge is 2.23. The highest BCUT2D eigenvalue weighted by atomic mass is 16.3. The molecule has 0 aliphatic carbocycles. The third kappa shape index (κ3) is 6.14. The van der Waals surface area contributed by atoms with E-state index in [4.69, 9.17) is 0 Å². The van der Waals surface area contributed by atoms with Crippen LogP contribution in [0.2, 0.25) is 0 Å². The molecule has 0 saturated carbocycles. The third-order valence-corrected chi connectivity index (χ3v) is 2.40. The summed E-state index contributed by atoms with van der Waals surface area (Å²) in [7, 11) is 0. The van der Waals surface area contributed by atoms with Crippen molar-refractivity contribution in [2.24, 2.45) is 5.41 Å². The molecule has 0 radical (unpaired) electrons. The van der Waals surface area contributed by atoms with Crippen molar-refractivity contribution in [1.29, 1.82) is 0 Å². The third-order valence-electron chi connectivity index (χ3n) is 2.40. The summed E-state index contributed by atoms with van der Waals surface area (Å²) in [4.78, 5) is 11.5. The van der Waals surface area contributed by atoms with E-state index in [1.807, 2.05) is 20.8 Å². The minimum absolute atomic E-state index is 0.154. The molecule has 84 valence electrons. The van der Waals surface area contributed by atoms with Crippen LogP contribution < -0.4 is 0 Å². The second-order valence-corrected chi connectivity index (χ2v) is 5.03. The van der Waals surface area contributed by atoms with Crippen LogP contribution in [0.15, 0.2) is 0 Å². The zero-order valence-electron chi connectivity index (χ0n) is 9.97. The fraction of sp³-hybridized carbons (Fsp3) is 0.917. The van der Waals surface area contributed by atoms with Crippen molar-refractivity contribution in [1.82, 2.24) is 0 Å². The number of aliphatic hydroxyl groups excluding tert-OH is 1. The standard InChI is InChI=1S/C12H24O2/c1-5-6-7-8-10(13)9-11(14)12(2,3)4/h10,13H,5-9H2,1-4H3. The van der Waals surface area contributed by atoms with E-state index < -0.39 is 6.10 Å². The molecule has 0 aliphatic heterocycles. The molecule has 1 atom stereocenters. The smallest absolute Gasteiger partial charge is 0.140 e. The molecule has 2 heteroatoms. The van der Waals surface area contributed by atoms with Gasteiger partial charge in [-0.3, -0.25) is 4.79 Å². The minimum atomic E-state index is -0.437. The number of carbonyl (C=O) groups is 1. The number of hydrogen-bond acceptors (Lipinski definition) is 2. The molecule has 0 aromatic rings. The van der Waals surface area contributed by atoms with Crippen LogP contribution in [0.25, 0.3) is 0 Å². The first-order chi connectivity index (χ1) is 6.38. The van der Waals surface area contributed by atoms with Gasteiger partial charge in [-0.25, -0.2) is 0 Å². The lowest BCUT2D eigenvalue weighted by Gasteiger charge is -2.18. The summed E-state index contributed by atoms with van der Waals surface area (Å²) in [5, 5.41) is 9.59. The highest BCUT2D eigenvalue weighted by molar-refractivity contribution is 5.83. The molecule has 1 N–H and O–H groups in total. The van der Waals surface area contributed by atoms with Crippen LogP contribution in [0.5, 0.6) is 0 Å². The number of unbranched alkanes of at least 4 members (excludes halogenated alkanes) is 2. The molecule has 0 aromatic carbocycles. The van der Waals surface area contributed by atoms with Gasteiger partial charge in [0, 0.05) is 11.8 Å². The van der Waals surface area contributed by atoms with Crippen LogP contribution in [-0.2, 0) is 4.79 Å². The number of ketones is 1.